The molecular weight excluding hydrogens is 393 g/mol. The fraction of sp³-hybridized carbons (Fsp3) is 0.0909. The molecule has 2 aromatic rings. The molecule has 1 aromatic carbocycles. The summed E-state index contributed by atoms with van der Waals surface area (Å²) in [6, 6.07) is 3.28. The number of sulfonamides is 1. The first-order chi connectivity index (χ1) is 11.1. The summed E-state index contributed by atoms with van der Waals surface area (Å²) in [6.07, 6.45) is 0.953. The predicted molar refractivity (Wildman–Crippen MR) is 78.5 cm³/mol. The van der Waals surface area contributed by atoms with E-state index in [1.165, 1.54) is 0 Å². The van der Waals surface area contributed by atoms with Crippen LogP contribution < -0.4 is 38.8 Å². The second-order valence-corrected chi connectivity index (χ2v) is 7.91. The number of rotatable bonds is 7. The van der Waals surface area contributed by atoms with Crippen LogP contribution in [0.5, 0.6) is 5.75 Å². The number of benzene rings is 1. The predicted octanol–water partition coefficient (Wildman–Crippen LogP) is -1.06. The Labute approximate surface area is 164 Å². The number of nitro benzene ring substituents is 1. The van der Waals surface area contributed by atoms with Crippen LogP contribution in [0, 0.1) is 15.9 Å². The van der Waals surface area contributed by atoms with Crippen molar-refractivity contribution in [2.24, 2.45) is 0 Å². The van der Waals surface area contributed by atoms with Gasteiger partial charge in [0.05, 0.1) is 17.3 Å². The molecule has 0 saturated heterocycles. The van der Waals surface area contributed by atoms with Crippen molar-refractivity contribution in [2.75, 3.05) is 6.29 Å². The summed E-state index contributed by atoms with van der Waals surface area (Å²) in [7, 11) is -8.72. The second kappa shape index (κ2) is 8.41. The van der Waals surface area contributed by atoms with Gasteiger partial charge in [-0.1, -0.05) is 0 Å². The molecule has 1 aromatic heterocycles. The number of nitrogens with one attached hydrogen (secondary N) is 1. The van der Waals surface area contributed by atoms with Crippen molar-refractivity contribution in [3.05, 3.63) is 52.7 Å². The van der Waals surface area contributed by atoms with Crippen LogP contribution in [0.25, 0.3) is 0 Å². The maximum atomic E-state index is 13.6. The molecule has 0 aliphatic carbocycles. The Morgan fingerprint density at radius 1 is 1.44 bits per heavy atom. The summed E-state index contributed by atoms with van der Waals surface area (Å²) in [5.41, 5.74) is -0.576. The third kappa shape index (κ3) is 5.89. The van der Waals surface area contributed by atoms with Crippen LogP contribution in [-0.2, 0) is 14.6 Å². The molecule has 25 heavy (non-hydrogen) atoms. The first kappa shape index (κ1) is 21.8. The van der Waals surface area contributed by atoms with Crippen LogP contribution >= 0.6 is 7.60 Å². The summed E-state index contributed by atoms with van der Waals surface area (Å²) in [5, 5.41) is 10.5. The van der Waals surface area contributed by atoms with Crippen LogP contribution in [0.2, 0.25) is 0 Å². The van der Waals surface area contributed by atoms with Gasteiger partial charge in [0.2, 0.25) is 10.0 Å². The van der Waals surface area contributed by atoms with Crippen LogP contribution in [-0.4, -0.2) is 24.5 Å². The Morgan fingerprint density at radius 3 is 2.64 bits per heavy atom. The van der Waals surface area contributed by atoms with E-state index in [-0.39, 0.29) is 35.9 Å². The maximum Gasteiger partial charge on any atom is 1.00 e. The Hall–Kier alpha value is -1.27. The van der Waals surface area contributed by atoms with Gasteiger partial charge in [0.1, 0.15) is 17.4 Å². The van der Waals surface area contributed by atoms with Gasteiger partial charge in [0.25, 0.3) is 5.69 Å². The maximum absolute atomic E-state index is 13.6. The van der Waals surface area contributed by atoms with E-state index in [9.17, 15) is 32.4 Å². The van der Waals surface area contributed by atoms with Crippen molar-refractivity contribution in [3.8, 4) is 5.75 Å². The van der Waals surface area contributed by atoms with E-state index in [0.717, 1.165) is 30.7 Å². The fourth-order valence-electron chi connectivity index (χ4n) is 1.52. The first-order valence-corrected chi connectivity index (χ1v) is 9.32. The van der Waals surface area contributed by atoms with Crippen molar-refractivity contribution in [1.82, 2.24) is 4.72 Å². The average Bonchev–Trinajstić information content (AvgIpc) is 3.02. The molecule has 0 radical (unpaired) electrons. The summed E-state index contributed by atoms with van der Waals surface area (Å²) in [4.78, 5) is 19.0. The normalized spacial score (nSPS) is 13.5. The number of nitro groups is 1. The molecule has 0 spiro atoms. The van der Waals surface area contributed by atoms with Gasteiger partial charge in [-0.15, -0.1) is 0 Å². The van der Waals surface area contributed by atoms with Gasteiger partial charge in [-0.2, -0.15) is 4.72 Å². The minimum absolute atomic E-state index is 0. The van der Waals surface area contributed by atoms with Crippen molar-refractivity contribution < 1.29 is 67.1 Å². The van der Waals surface area contributed by atoms with E-state index in [1.54, 1.807) is 0 Å². The molecule has 0 aliphatic heterocycles. The molecule has 1 heterocycles. The Balaban J connectivity index is 0.00000312. The fourth-order valence-corrected chi connectivity index (χ4v) is 3.95. The van der Waals surface area contributed by atoms with Crippen molar-refractivity contribution in [3.63, 3.8) is 0 Å². The number of non-ortho nitro benzene ring substituents is 1. The van der Waals surface area contributed by atoms with E-state index in [4.69, 9.17) is 0 Å². The zero-order valence-corrected chi connectivity index (χ0v) is 16.4. The van der Waals surface area contributed by atoms with Crippen molar-refractivity contribution >= 4 is 23.3 Å². The summed E-state index contributed by atoms with van der Waals surface area (Å²) < 4.78 is 60.0. The van der Waals surface area contributed by atoms with E-state index in [0.29, 0.717) is 6.07 Å². The quantitative estimate of drug-likeness (QED) is 0.257. The third-order valence-corrected chi connectivity index (χ3v) is 5.26. The summed E-state index contributed by atoms with van der Waals surface area (Å²) in [6.45, 7) is 0. The van der Waals surface area contributed by atoms with Crippen LogP contribution in [0.3, 0.4) is 0 Å². The topological polar surface area (TPSA) is 149 Å². The van der Waals surface area contributed by atoms with Crippen molar-refractivity contribution in [1.29, 1.82) is 0 Å². The van der Waals surface area contributed by atoms with E-state index >= 15 is 0 Å². The summed E-state index contributed by atoms with van der Waals surface area (Å²) >= 11 is 0. The molecule has 1 unspecified atom stereocenters. The number of halogens is 1. The molecule has 2 N–H and O–H groups in total. The molecule has 0 saturated carbocycles. The molecule has 0 bridgehead atoms. The van der Waals surface area contributed by atoms with Gasteiger partial charge in [-0.25, -0.2) is 17.4 Å². The molecule has 10 nitrogen and oxygen atoms in total. The Kier molecular flexibility index (Phi) is 7.32. The van der Waals surface area contributed by atoms with Gasteiger partial charge in [-0.05, 0) is 12.1 Å². The standard InChI is InChI=1S/C11H10FN2O8PS.Na.H/c12-10-5-8(14(15)16)1-2-11(10)22-23(17,18)7-13-24(19,20)9-3-4-21-6-9;;/h1-6,13H,7H2,(H,17,18);;/q;+1;-1. The SMILES string of the molecule is O=[N+]([O-])c1ccc(OP(=O)(O)CNS(=O)(=O)c2ccoc2)c(F)c1.[H-].[Na+]. The van der Waals surface area contributed by atoms with Gasteiger partial charge in [0.15, 0.2) is 11.6 Å². The van der Waals surface area contributed by atoms with E-state index in [1.807, 2.05) is 4.72 Å². The number of nitrogens with zero attached hydrogens (tertiary/aromatic N) is 1. The van der Waals surface area contributed by atoms with E-state index in [2.05, 4.69) is 8.94 Å². The van der Waals surface area contributed by atoms with Crippen LogP contribution in [0.15, 0.2) is 46.1 Å². The van der Waals surface area contributed by atoms with Gasteiger partial charge in [-0.3, -0.25) is 10.1 Å². The minimum Gasteiger partial charge on any atom is -1.00 e. The van der Waals surface area contributed by atoms with Crippen molar-refractivity contribution in [2.45, 2.75) is 4.90 Å². The Morgan fingerprint density at radius 2 is 2.12 bits per heavy atom. The number of hydrogen-bond acceptors (Lipinski definition) is 7. The second-order valence-electron chi connectivity index (χ2n) is 4.37. The number of hydrogen-bond donors (Lipinski definition) is 2. The van der Waals surface area contributed by atoms with E-state index < -0.39 is 46.1 Å². The third-order valence-electron chi connectivity index (χ3n) is 2.63. The molecule has 132 valence electrons. The summed E-state index contributed by atoms with van der Waals surface area (Å²) in [5.74, 6) is -1.97. The Bertz CT molecular complexity index is 911. The molecule has 0 amide bonds. The molecule has 14 heteroatoms. The largest absolute Gasteiger partial charge is 1.00 e. The van der Waals surface area contributed by atoms with Crippen LogP contribution in [0.1, 0.15) is 1.43 Å². The van der Waals surface area contributed by atoms with Gasteiger partial charge < -0.3 is 15.3 Å². The van der Waals surface area contributed by atoms with Crippen LogP contribution in [0.4, 0.5) is 10.1 Å². The molecule has 2 rings (SSSR count). The van der Waals surface area contributed by atoms with Gasteiger partial charge >= 0.3 is 37.2 Å². The number of furan rings is 1. The van der Waals surface area contributed by atoms with Gasteiger partial charge in [0, 0.05) is 6.07 Å². The molecule has 0 fully saturated rings. The molecular formula is C11H11FN2NaO8PS. The molecule has 1 atom stereocenters. The zero-order valence-electron chi connectivity index (χ0n) is 13.7. The monoisotopic (exact) mass is 404 g/mol. The first-order valence-electron chi connectivity index (χ1n) is 6.08. The smallest absolute Gasteiger partial charge is 1.00 e. The minimum atomic E-state index is -4.61. The molecule has 0 aliphatic rings. The zero-order chi connectivity index (χ0) is 18.0. The average molecular weight is 404 g/mol.